The van der Waals surface area contributed by atoms with Crippen LogP contribution in [0.4, 0.5) is 11.4 Å². The van der Waals surface area contributed by atoms with Crippen molar-refractivity contribution in [1.82, 2.24) is 0 Å². The smallest absolute Gasteiger partial charge is 0.309 e. The van der Waals surface area contributed by atoms with Crippen LogP contribution >= 0.6 is 0 Å². The molecule has 1 saturated carbocycles. The minimum absolute atomic E-state index is 0.0330. The van der Waals surface area contributed by atoms with Crippen LogP contribution in [-0.4, -0.2) is 32.3 Å². The molecular weight excluding hydrogens is 436 g/mol. The normalized spacial score (nSPS) is 18.5. The molecule has 3 aromatic carbocycles. The summed E-state index contributed by atoms with van der Waals surface area (Å²) in [5.74, 6) is 1.20. The van der Waals surface area contributed by atoms with Gasteiger partial charge in [-0.1, -0.05) is 42.5 Å². The number of carbonyl (C=O) groups excluding carboxylic acids is 1. The lowest BCUT2D eigenvalue weighted by atomic mass is 9.96. The van der Waals surface area contributed by atoms with Gasteiger partial charge in [0.1, 0.15) is 12.4 Å². The predicted octanol–water partition coefficient (Wildman–Crippen LogP) is 5.80. The lowest BCUT2D eigenvalue weighted by Gasteiger charge is -2.32. The largest absolute Gasteiger partial charge is 0.492 e. The molecule has 0 radical (unpaired) electrons. The number of nitrogens with one attached hydrogen (secondary N) is 1. The van der Waals surface area contributed by atoms with Gasteiger partial charge < -0.3 is 19.7 Å². The number of ether oxygens (including phenoxy) is 2. The molecule has 0 saturated heterocycles. The van der Waals surface area contributed by atoms with Gasteiger partial charge in [-0.15, -0.1) is 0 Å². The molecule has 35 heavy (non-hydrogen) atoms. The van der Waals surface area contributed by atoms with E-state index in [-0.39, 0.29) is 11.9 Å². The van der Waals surface area contributed by atoms with Crippen LogP contribution in [0.15, 0.2) is 72.8 Å². The highest BCUT2D eigenvalue weighted by atomic mass is 16.5. The third-order valence-corrected chi connectivity index (χ3v) is 7.02. The fraction of sp³-hybridized carbons (Fsp3) is 0.367. The van der Waals surface area contributed by atoms with Crippen molar-refractivity contribution in [2.24, 2.45) is 5.92 Å². The third-order valence-electron chi connectivity index (χ3n) is 7.02. The average molecular weight is 471 g/mol. The SMILES string of the molecule is CCOC(=O)[C@@H]1C[C@@H]1c1ccc(NCc2cccc3c2CCCN3CCOc2ccccc2)cc1. The summed E-state index contributed by atoms with van der Waals surface area (Å²) in [5, 5.41) is 3.60. The van der Waals surface area contributed by atoms with E-state index in [4.69, 9.17) is 9.47 Å². The van der Waals surface area contributed by atoms with Crippen LogP contribution in [0.3, 0.4) is 0 Å². The number of hydrogen-bond acceptors (Lipinski definition) is 5. The van der Waals surface area contributed by atoms with Gasteiger partial charge >= 0.3 is 5.97 Å². The molecule has 2 aliphatic rings. The maximum atomic E-state index is 11.9. The summed E-state index contributed by atoms with van der Waals surface area (Å²) in [6, 6.07) is 25.2. The number of para-hydroxylation sites is 1. The van der Waals surface area contributed by atoms with Crippen molar-refractivity contribution in [3.05, 3.63) is 89.5 Å². The van der Waals surface area contributed by atoms with Crippen molar-refractivity contribution in [1.29, 1.82) is 0 Å². The van der Waals surface area contributed by atoms with Crippen LogP contribution in [0.25, 0.3) is 0 Å². The number of anilines is 2. The number of hydrogen-bond donors (Lipinski definition) is 1. The van der Waals surface area contributed by atoms with Crippen LogP contribution < -0.4 is 15.0 Å². The molecule has 2 atom stereocenters. The van der Waals surface area contributed by atoms with E-state index in [2.05, 4.69) is 52.7 Å². The second-order valence-electron chi connectivity index (χ2n) is 9.34. The van der Waals surface area contributed by atoms with Crippen LogP contribution in [0.5, 0.6) is 5.75 Å². The zero-order valence-corrected chi connectivity index (χ0v) is 20.4. The Morgan fingerprint density at radius 2 is 1.86 bits per heavy atom. The lowest BCUT2D eigenvalue weighted by Crippen LogP contribution is -2.33. The molecule has 1 aliphatic heterocycles. The molecular formula is C30H34N2O3. The van der Waals surface area contributed by atoms with Gasteiger partial charge in [0, 0.05) is 24.5 Å². The highest BCUT2D eigenvalue weighted by molar-refractivity contribution is 5.77. The highest BCUT2D eigenvalue weighted by Gasteiger charge is 2.45. The summed E-state index contributed by atoms with van der Waals surface area (Å²) < 4.78 is 11.1. The quantitative estimate of drug-likeness (QED) is 0.380. The monoisotopic (exact) mass is 470 g/mol. The Morgan fingerprint density at radius 1 is 1.03 bits per heavy atom. The van der Waals surface area contributed by atoms with Gasteiger partial charge in [0.15, 0.2) is 0 Å². The Morgan fingerprint density at radius 3 is 2.66 bits per heavy atom. The standard InChI is InChI=1S/C30H34N2O3/c1-2-34-30(33)28-20-27(28)22-13-15-24(16-14-22)31-21-23-8-6-12-29-26(23)11-7-17-32(29)18-19-35-25-9-4-3-5-10-25/h3-6,8-10,12-16,27-28,31H,2,7,11,17-21H2,1H3/t27-,28-/m1/s1. The Balaban J connectivity index is 1.17. The van der Waals surface area contributed by atoms with E-state index in [1.165, 1.54) is 22.4 Å². The van der Waals surface area contributed by atoms with Crippen LogP contribution in [0.2, 0.25) is 0 Å². The molecule has 5 nitrogen and oxygen atoms in total. The number of nitrogens with zero attached hydrogens (tertiary/aromatic N) is 1. The minimum atomic E-state index is -0.0609. The Labute approximate surface area is 208 Å². The van der Waals surface area contributed by atoms with Crippen LogP contribution in [-0.2, 0) is 22.5 Å². The van der Waals surface area contributed by atoms with Gasteiger partial charge in [-0.2, -0.15) is 0 Å². The van der Waals surface area contributed by atoms with E-state index in [0.29, 0.717) is 19.1 Å². The van der Waals surface area contributed by atoms with E-state index in [1.54, 1.807) is 0 Å². The molecule has 1 fully saturated rings. The molecule has 5 rings (SSSR count). The van der Waals surface area contributed by atoms with Crippen LogP contribution in [0.1, 0.15) is 42.4 Å². The molecule has 182 valence electrons. The molecule has 3 aromatic rings. The molecule has 0 unspecified atom stereocenters. The number of rotatable bonds is 10. The first kappa shape index (κ1) is 23.3. The topological polar surface area (TPSA) is 50.8 Å². The van der Waals surface area contributed by atoms with E-state index in [1.807, 2.05) is 37.3 Å². The zero-order chi connectivity index (χ0) is 24.0. The fourth-order valence-corrected chi connectivity index (χ4v) is 5.08. The highest BCUT2D eigenvalue weighted by Crippen LogP contribution is 2.48. The van der Waals surface area contributed by atoms with Gasteiger partial charge in [-0.05, 0) is 79.1 Å². The van der Waals surface area contributed by atoms with Crippen molar-refractivity contribution in [2.45, 2.75) is 38.6 Å². The number of esters is 1. The molecule has 1 aliphatic carbocycles. The lowest BCUT2D eigenvalue weighted by molar-refractivity contribution is -0.144. The average Bonchev–Trinajstić information content (AvgIpc) is 3.70. The number of benzene rings is 3. The van der Waals surface area contributed by atoms with Gasteiger partial charge in [-0.25, -0.2) is 0 Å². The first-order valence-electron chi connectivity index (χ1n) is 12.8. The molecule has 1 N–H and O–H groups in total. The number of fused-ring (bicyclic) bond motifs is 1. The molecule has 0 spiro atoms. The van der Waals surface area contributed by atoms with E-state index < -0.39 is 0 Å². The van der Waals surface area contributed by atoms with Crippen LogP contribution in [0, 0.1) is 5.92 Å². The molecule has 0 aromatic heterocycles. The Kier molecular flexibility index (Phi) is 7.22. The summed E-state index contributed by atoms with van der Waals surface area (Å²) in [6.07, 6.45) is 3.17. The van der Waals surface area contributed by atoms with Crippen molar-refractivity contribution in [2.75, 3.05) is 36.5 Å². The zero-order valence-electron chi connectivity index (χ0n) is 20.4. The van der Waals surface area contributed by atoms with Gasteiger partial charge in [0.2, 0.25) is 0 Å². The summed E-state index contributed by atoms with van der Waals surface area (Å²) in [5.41, 5.74) is 6.45. The van der Waals surface area contributed by atoms with Crippen molar-refractivity contribution in [3.8, 4) is 5.75 Å². The second-order valence-corrected chi connectivity index (χ2v) is 9.34. The molecule has 0 amide bonds. The second kappa shape index (κ2) is 10.9. The molecule has 1 heterocycles. The Bertz CT molecular complexity index is 1130. The first-order valence-corrected chi connectivity index (χ1v) is 12.8. The maximum Gasteiger partial charge on any atom is 0.309 e. The summed E-state index contributed by atoms with van der Waals surface area (Å²) in [7, 11) is 0. The van der Waals surface area contributed by atoms with Gasteiger partial charge in [0.05, 0.1) is 19.1 Å². The first-order chi connectivity index (χ1) is 17.2. The van der Waals surface area contributed by atoms with E-state index in [9.17, 15) is 4.79 Å². The van der Waals surface area contributed by atoms with Crippen molar-refractivity contribution >= 4 is 17.3 Å². The Hall–Kier alpha value is -3.47. The summed E-state index contributed by atoms with van der Waals surface area (Å²) in [4.78, 5) is 14.4. The maximum absolute atomic E-state index is 11.9. The van der Waals surface area contributed by atoms with Gasteiger partial charge in [0.25, 0.3) is 0 Å². The number of carbonyl (C=O) groups is 1. The van der Waals surface area contributed by atoms with Crippen molar-refractivity contribution < 1.29 is 14.3 Å². The fourth-order valence-electron chi connectivity index (χ4n) is 5.08. The van der Waals surface area contributed by atoms with Gasteiger partial charge in [-0.3, -0.25) is 4.79 Å². The van der Waals surface area contributed by atoms with Crippen molar-refractivity contribution in [3.63, 3.8) is 0 Å². The summed E-state index contributed by atoms with van der Waals surface area (Å²) in [6.45, 7) is 5.73. The van der Waals surface area contributed by atoms with E-state index >= 15 is 0 Å². The summed E-state index contributed by atoms with van der Waals surface area (Å²) >= 11 is 0. The third kappa shape index (κ3) is 5.61. The minimum Gasteiger partial charge on any atom is -0.492 e. The predicted molar refractivity (Wildman–Crippen MR) is 140 cm³/mol. The molecule has 0 bridgehead atoms. The van der Waals surface area contributed by atoms with E-state index in [0.717, 1.165) is 50.3 Å². The molecule has 5 heteroatoms.